The van der Waals surface area contributed by atoms with Crippen molar-refractivity contribution in [1.29, 1.82) is 10.5 Å². The number of rotatable bonds is 7. The third-order valence-corrected chi connectivity index (χ3v) is 9.85. The van der Waals surface area contributed by atoms with Crippen LogP contribution in [0.15, 0.2) is 30.9 Å². The molecule has 0 N–H and O–H groups in total. The van der Waals surface area contributed by atoms with Gasteiger partial charge in [-0.05, 0) is 69.6 Å². The molecule has 2 saturated heterocycles. The monoisotopic (exact) mass is 594 g/mol. The predicted molar refractivity (Wildman–Crippen MR) is 169 cm³/mol. The fourth-order valence-corrected chi connectivity index (χ4v) is 7.40. The van der Waals surface area contributed by atoms with Crippen LogP contribution in [0.5, 0.6) is 5.88 Å². The highest BCUT2D eigenvalue weighted by molar-refractivity contribution is 5.87. The zero-order chi connectivity index (χ0) is 30.8. The first kappa shape index (κ1) is 29.9. The third-order valence-electron chi connectivity index (χ3n) is 9.85. The van der Waals surface area contributed by atoms with Crippen molar-refractivity contribution in [3.8, 4) is 18.0 Å². The molecule has 4 aliphatic heterocycles. The van der Waals surface area contributed by atoms with Crippen molar-refractivity contribution in [2.75, 3.05) is 69.8 Å². The fraction of sp³-hybridized carbons (Fsp3) is 0.529. The van der Waals surface area contributed by atoms with Gasteiger partial charge in [0.15, 0.2) is 0 Å². The van der Waals surface area contributed by atoms with Gasteiger partial charge in [0.05, 0.1) is 36.5 Å². The zero-order valence-electron chi connectivity index (χ0n) is 26.0. The second-order valence-corrected chi connectivity index (χ2v) is 12.5. The van der Waals surface area contributed by atoms with E-state index in [1.54, 1.807) is 4.90 Å². The fourth-order valence-electron chi connectivity index (χ4n) is 7.40. The van der Waals surface area contributed by atoms with Crippen molar-refractivity contribution >= 4 is 17.3 Å². The lowest BCUT2D eigenvalue weighted by Gasteiger charge is -2.43. The summed E-state index contributed by atoms with van der Waals surface area (Å²) in [6.07, 6.45) is 5.52. The third kappa shape index (κ3) is 5.72. The van der Waals surface area contributed by atoms with E-state index in [1.165, 1.54) is 22.9 Å². The molecule has 230 valence electrons. The topological polar surface area (TPSA) is 103 Å². The average Bonchev–Trinajstić information content (AvgIpc) is 3.46. The largest absolute Gasteiger partial charge is 0.475 e. The maximum atomic E-state index is 12.6. The van der Waals surface area contributed by atoms with Crippen molar-refractivity contribution in [3.63, 3.8) is 0 Å². The normalized spacial score (nSPS) is 22.1. The Morgan fingerprint density at radius 3 is 2.68 bits per heavy atom. The summed E-state index contributed by atoms with van der Waals surface area (Å²) in [6.45, 7) is 10.1. The summed E-state index contributed by atoms with van der Waals surface area (Å²) in [5.74, 6) is 0.221. The molecule has 5 heterocycles. The Balaban J connectivity index is 1.38. The van der Waals surface area contributed by atoms with E-state index in [9.17, 15) is 15.3 Å². The lowest BCUT2D eigenvalue weighted by Crippen LogP contribution is -2.55. The molecule has 2 atom stereocenters. The van der Waals surface area contributed by atoms with E-state index in [1.807, 2.05) is 0 Å². The maximum Gasteiger partial charge on any atom is 0.246 e. The lowest BCUT2D eigenvalue weighted by atomic mass is 9.94. The van der Waals surface area contributed by atoms with Crippen molar-refractivity contribution in [1.82, 2.24) is 19.7 Å². The Kier molecular flexibility index (Phi) is 8.74. The van der Waals surface area contributed by atoms with Gasteiger partial charge in [-0.25, -0.2) is 4.98 Å². The summed E-state index contributed by atoms with van der Waals surface area (Å²) in [6, 6.07) is 11.4. The van der Waals surface area contributed by atoms with Gasteiger partial charge in [0.25, 0.3) is 0 Å². The highest BCUT2D eigenvalue weighted by atomic mass is 16.5. The van der Waals surface area contributed by atoms with Crippen LogP contribution in [0.25, 0.3) is 0 Å². The molecule has 1 aromatic carbocycles. The SMILES string of the molecule is C=CC(=O)N1CCN(c2c(C#N)c(OC[C@@H]3CCCN3C)nc3c2CCN(c2cccc4c2CN(C)CC4)C3)C[C@@H]1CC#N. The highest BCUT2D eigenvalue weighted by Gasteiger charge is 2.35. The number of nitriles is 2. The van der Waals surface area contributed by atoms with Crippen molar-refractivity contribution in [2.45, 2.75) is 57.3 Å². The molecule has 44 heavy (non-hydrogen) atoms. The molecular weight excluding hydrogens is 552 g/mol. The number of ether oxygens (including phenoxy) is 1. The van der Waals surface area contributed by atoms with Gasteiger partial charge in [-0.2, -0.15) is 10.5 Å². The first-order chi connectivity index (χ1) is 21.4. The maximum absolute atomic E-state index is 12.6. The van der Waals surface area contributed by atoms with Crippen LogP contribution in [0.3, 0.4) is 0 Å². The van der Waals surface area contributed by atoms with E-state index in [4.69, 9.17) is 9.72 Å². The van der Waals surface area contributed by atoms with Crippen LogP contribution in [0, 0.1) is 22.7 Å². The Morgan fingerprint density at radius 2 is 1.93 bits per heavy atom. The van der Waals surface area contributed by atoms with Gasteiger partial charge < -0.3 is 29.2 Å². The summed E-state index contributed by atoms with van der Waals surface area (Å²) < 4.78 is 6.42. The standard InChI is InChI=1S/C34H42N8O2/c1-4-32(43)42-18-17-41(20-25(42)10-13-35)33-27-12-16-40(31-9-5-7-24-11-15-38(2)21-29(24)31)22-30(27)37-34(28(33)19-36)44-23-26-8-6-14-39(26)3/h4-5,7,9,25-26H,1,6,8,10-12,14-18,20-23H2,2-3H3/t25-,26-/m0/s1. The predicted octanol–water partition coefficient (Wildman–Crippen LogP) is 3.09. The molecule has 2 fully saturated rings. The van der Waals surface area contributed by atoms with Crippen LogP contribution < -0.4 is 14.5 Å². The van der Waals surface area contributed by atoms with Gasteiger partial charge in [-0.3, -0.25) is 4.79 Å². The Hall–Kier alpha value is -4.12. The van der Waals surface area contributed by atoms with Crippen LogP contribution >= 0.6 is 0 Å². The molecule has 1 amide bonds. The van der Waals surface area contributed by atoms with Crippen LogP contribution in [0.4, 0.5) is 11.4 Å². The second-order valence-electron chi connectivity index (χ2n) is 12.5. The van der Waals surface area contributed by atoms with Gasteiger partial charge in [0, 0.05) is 56.6 Å². The number of hydrogen-bond acceptors (Lipinski definition) is 9. The number of hydrogen-bond donors (Lipinski definition) is 0. The minimum atomic E-state index is -0.293. The summed E-state index contributed by atoms with van der Waals surface area (Å²) in [7, 11) is 4.29. The van der Waals surface area contributed by atoms with E-state index in [0.717, 1.165) is 68.8 Å². The Morgan fingerprint density at radius 1 is 1.07 bits per heavy atom. The van der Waals surface area contributed by atoms with Crippen LogP contribution in [-0.2, 0) is 30.7 Å². The van der Waals surface area contributed by atoms with E-state index >= 15 is 0 Å². The van der Waals surface area contributed by atoms with Crippen LogP contribution in [-0.4, -0.2) is 97.6 Å². The number of aromatic nitrogens is 1. The van der Waals surface area contributed by atoms with Crippen LogP contribution in [0.2, 0.25) is 0 Å². The molecule has 0 unspecified atom stereocenters. The zero-order valence-corrected chi connectivity index (χ0v) is 26.0. The lowest BCUT2D eigenvalue weighted by molar-refractivity contribution is -0.128. The number of piperazine rings is 1. The summed E-state index contributed by atoms with van der Waals surface area (Å²) in [5.41, 5.74) is 7.38. The number of pyridine rings is 1. The van der Waals surface area contributed by atoms with Gasteiger partial charge in [-0.15, -0.1) is 0 Å². The highest BCUT2D eigenvalue weighted by Crippen LogP contribution is 2.40. The molecule has 6 rings (SSSR count). The molecule has 0 spiro atoms. The summed E-state index contributed by atoms with van der Waals surface area (Å²) >= 11 is 0. The van der Waals surface area contributed by atoms with Gasteiger partial charge in [0.2, 0.25) is 11.8 Å². The number of nitrogens with zero attached hydrogens (tertiary/aromatic N) is 8. The number of likely N-dealkylation sites (tertiary alicyclic amines) is 1. The van der Waals surface area contributed by atoms with E-state index in [-0.39, 0.29) is 18.4 Å². The molecule has 0 aliphatic carbocycles. The first-order valence-electron chi connectivity index (χ1n) is 15.8. The molecule has 10 nitrogen and oxygen atoms in total. The quantitative estimate of drug-likeness (QED) is 0.448. The van der Waals surface area contributed by atoms with E-state index in [2.05, 4.69) is 70.6 Å². The number of likely N-dealkylation sites (N-methyl/N-ethyl adjacent to an activating group) is 2. The summed E-state index contributed by atoms with van der Waals surface area (Å²) in [5, 5.41) is 20.1. The van der Waals surface area contributed by atoms with E-state index in [0.29, 0.717) is 50.3 Å². The number of anilines is 2. The minimum absolute atomic E-state index is 0.167. The smallest absolute Gasteiger partial charge is 0.246 e. The molecule has 1 aromatic heterocycles. The number of carbonyl (C=O) groups is 1. The van der Waals surface area contributed by atoms with Gasteiger partial charge in [0.1, 0.15) is 18.2 Å². The average molecular weight is 595 g/mol. The Bertz CT molecular complexity index is 1510. The Labute approximate surface area is 260 Å². The molecule has 0 bridgehead atoms. The molecule has 10 heteroatoms. The number of carbonyl (C=O) groups excluding carboxylic acids is 1. The van der Waals surface area contributed by atoms with Crippen LogP contribution in [0.1, 0.15) is 47.2 Å². The van der Waals surface area contributed by atoms with Crippen molar-refractivity contribution < 1.29 is 9.53 Å². The summed E-state index contributed by atoms with van der Waals surface area (Å²) in [4.78, 5) is 28.7. The molecule has 0 radical (unpaired) electrons. The van der Waals surface area contributed by atoms with Gasteiger partial charge >= 0.3 is 0 Å². The molecule has 2 aromatic rings. The van der Waals surface area contributed by atoms with Gasteiger partial charge in [-0.1, -0.05) is 18.7 Å². The van der Waals surface area contributed by atoms with Crippen molar-refractivity contribution in [2.24, 2.45) is 0 Å². The molecule has 0 saturated carbocycles. The first-order valence-corrected chi connectivity index (χ1v) is 15.8. The number of amides is 1. The second kappa shape index (κ2) is 12.9. The number of benzene rings is 1. The minimum Gasteiger partial charge on any atom is -0.475 e. The van der Waals surface area contributed by atoms with E-state index < -0.39 is 0 Å². The molecule has 4 aliphatic rings. The molecular formula is C34H42N8O2. The van der Waals surface area contributed by atoms with Crippen molar-refractivity contribution in [3.05, 3.63) is 58.8 Å². The number of fused-ring (bicyclic) bond motifs is 2.